The molecule has 0 amide bonds. The zero-order valence-electron chi connectivity index (χ0n) is 17.1. The summed E-state index contributed by atoms with van der Waals surface area (Å²) < 4.78 is 2.47. The molecule has 1 nitrogen and oxygen atoms in total. The van der Waals surface area contributed by atoms with Crippen LogP contribution in [0.3, 0.4) is 0 Å². The Bertz CT molecular complexity index is 763. The fourth-order valence-corrected chi connectivity index (χ4v) is 4.57. The molecule has 1 aliphatic carbocycles. The summed E-state index contributed by atoms with van der Waals surface area (Å²) in [6, 6.07) is 7.57. The highest BCUT2D eigenvalue weighted by Crippen LogP contribution is 2.36. The van der Waals surface area contributed by atoms with Crippen LogP contribution in [0.2, 0.25) is 0 Å². The van der Waals surface area contributed by atoms with Crippen molar-refractivity contribution in [3.63, 3.8) is 0 Å². The van der Waals surface area contributed by atoms with Crippen LogP contribution in [0.25, 0.3) is 17.2 Å². The number of benzene rings is 1. The van der Waals surface area contributed by atoms with Gasteiger partial charge in [0.05, 0.1) is 0 Å². The second-order valence-corrected chi connectivity index (χ2v) is 8.47. The minimum absolute atomic E-state index is 0.562. The second kappa shape index (κ2) is 8.29. The van der Waals surface area contributed by atoms with E-state index in [0.29, 0.717) is 6.04 Å². The minimum Gasteiger partial charge on any atom is -0.348 e. The van der Waals surface area contributed by atoms with Crippen LogP contribution in [-0.4, -0.2) is 4.57 Å². The monoisotopic (exact) mass is 349 g/mol. The molecule has 0 bridgehead atoms. The van der Waals surface area contributed by atoms with E-state index in [1.54, 1.807) is 5.56 Å². The first-order valence-corrected chi connectivity index (χ1v) is 10.5. The maximum absolute atomic E-state index is 4.15. The van der Waals surface area contributed by atoms with Gasteiger partial charge in [0, 0.05) is 23.5 Å². The molecule has 1 aromatic carbocycles. The summed E-state index contributed by atoms with van der Waals surface area (Å²) in [7, 11) is 0. The Morgan fingerprint density at radius 3 is 2.54 bits per heavy atom. The normalized spacial score (nSPS) is 15.1. The fraction of sp³-hybridized carbons (Fsp3) is 0.520. The van der Waals surface area contributed by atoms with Gasteiger partial charge in [-0.25, -0.2) is 0 Å². The van der Waals surface area contributed by atoms with Gasteiger partial charge in [-0.1, -0.05) is 51.5 Å². The van der Waals surface area contributed by atoms with Crippen LogP contribution in [0.1, 0.15) is 81.3 Å². The Morgan fingerprint density at radius 1 is 1.04 bits per heavy atom. The maximum atomic E-state index is 4.15. The van der Waals surface area contributed by atoms with Crippen molar-refractivity contribution in [1.82, 2.24) is 4.57 Å². The highest BCUT2D eigenvalue weighted by atomic mass is 15.0. The van der Waals surface area contributed by atoms with Crippen LogP contribution in [0, 0.1) is 12.8 Å². The van der Waals surface area contributed by atoms with Crippen molar-refractivity contribution < 1.29 is 0 Å². The number of aryl methyl sites for hydroxylation is 1. The third kappa shape index (κ3) is 3.82. The van der Waals surface area contributed by atoms with Gasteiger partial charge in [-0.3, -0.25) is 0 Å². The van der Waals surface area contributed by atoms with Crippen LogP contribution in [0.15, 0.2) is 31.0 Å². The molecule has 0 N–H and O–H groups in total. The average molecular weight is 350 g/mol. The lowest BCUT2D eigenvalue weighted by molar-refractivity contribution is 0.443. The molecule has 26 heavy (non-hydrogen) atoms. The Hall–Kier alpha value is -1.76. The quantitative estimate of drug-likeness (QED) is 0.491. The van der Waals surface area contributed by atoms with Crippen LogP contribution in [0.4, 0.5) is 0 Å². The van der Waals surface area contributed by atoms with Crippen LogP contribution in [0.5, 0.6) is 0 Å². The third-order valence-electron chi connectivity index (χ3n) is 6.13. The van der Waals surface area contributed by atoms with Gasteiger partial charge in [0.1, 0.15) is 0 Å². The molecular formula is C25H35N. The number of aromatic nitrogens is 1. The predicted octanol–water partition coefficient (Wildman–Crippen LogP) is 7.37. The van der Waals surface area contributed by atoms with E-state index in [-0.39, 0.29) is 0 Å². The van der Waals surface area contributed by atoms with Gasteiger partial charge >= 0.3 is 0 Å². The number of hydrogen-bond donors (Lipinski definition) is 0. The minimum atomic E-state index is 0.562. The van der Waals surface area contributed by atoms with Crippen molar-refractivity contribution in [2.75, 3.05) is 0 Å². The summed E-state index contributed by atoms with van der Waals surface area (Å²) in [6.45, 7) is 13.4. The summed E-state index contributed by atoms with van der Waals surface area (Å²) in [5.41, 5.74) is 8.58. The molecule has 1 aromatic heterocycles. The number of rotatable bonds is 7. The standard InChI is InChI=1S/C25H35N/c1-6-22-24-13-8-7-12-21(24)14-15-25(22)23-16-17-26(20(23)5)19(4)11-9-10-18(2)3/h6,14-19H,1,7-13H2,2-5H3. The number of nitrogens with zero attached hydrogens (tertiary/aromatic N) is 1. The van der Waals surface area contributed by atoms with Gasteiger partial charge in [0.25, 0.3) is 0 Å². The molecule has 0 saturated carbocycles. The Morgan fingerprint density at radius 2 is 1.81 bits per heavy atom. The lowest BCUT2D eigenvalue weighted by Gasteiger charge is -2.21. The van der Waals surface area contributed by atoms with Crippen LogP contribution < -0.4 is 0 Å². The van der Waals surface area contributed by atoms with Crippen molar-refractivity contribution in [2.45, 2.75) is 78.7 Å². The van der Waals surface area contributed by atoms with Crippen molar-refractivity contribution in [2.24, 2.45) is 5.92 Å². The van der Waals surface area contributed by atoms with E-state index in [1.807, 2.05) is 0 Å². The lowest BCUT2D eigenvalue weighted by Crippen LogP contribution is -2.07. The highest BCUT2D eigenvalue weighted by Gasteiger charge is 2.18. The summed E-state index contributed by atoms with van der Waals surface area (Å²) in [6.07, 6.45) is 13.3. The Kier molecular flexibility index (Phi) is 6.06. The topological polar surface area (TPSA) is 4.93 Å². The van der Waals surface area contributed by atoms with Crippen molar-refractivity contribution in [3.8, 4) is 11.1 Å². The molecule has 0 aliphatic heterocycles. The molecule has 0 saturated heterocycles. The third-order valence-corrected chi connectivity index (χ3v) is 6.13. The molecule has 3 rings (SSSR count). The summed E-state index contributed by atoms with van der Waals surface area (Å²) >= 11 is 0. The van der Waals surface area contributed by atoms with E-state index in [4.69, 9.17) is 0 Å². The molecule has 0 fully saturated rings. The number of hydrogen-bond acceptors (Lipinski definition) is 0. The van der Waals surface area contributed by atoms with Gasteiger partial charge in [0.15, 0.2) is 0 Å². The van der Waals surface area contributed by atoms with Crippen molar-refractivity contribution in [1.29, 1.82) is 0 Å². The first-order valence-electron chi connectivity index (χ1n) is 10.5. The molecule has 0 spiro atoms. The summed E-state index contributed by atoms with van der Waals surface area (Å²) in [5.74, 6) is 0.800. The summed E-state index contributed by atoms with van der Waals surface area (Å²) in [5, 5.41) is 0. The smallest absolute Gasteiger partial charge is 0.0305 e. The van der Waals surface area contributed by atoms with Gasteiger partial charge in [-0.2, -0.15) is 0 Å². The van der Waals surface area contributed by atoms with Crippen molar-refractivity contribution in [3.05, 3.63) is 53.4 Å². The van der Waals surface area contributed by atoms with Crippen LogP contribution in [-0.2, 0) is 12.8 Å². The molecule has 1 heteroatoms. The average Bonchev–Trinajstić information content (AvgIpc) is 3.01. The first kappa shape index (κ1) is 19.0. The SMILES string of the molecule is C=Cc1c(-c2ccn(C(C)CCCC(C)C)c2C)ccc2c1CCCC2. The molecule has 2 aromatic rings. The van der Waals surface area contributed by atoms with E-state index in [9.17, 15) is 0 Å². The molecule has 140 valence electrons. The zero-order valence-corrected chi connectivity index (χ0v) is 17.1. The number of fused-ring (bicyclic) bond motifs is 1. The predicted molar refractivity (Wildman–Crippen MR) is 115 cm³/mol. The van der Waals surface area contributed by atoms with E-state index in [0.717, 1.165) is 5.92 Å². The Labute approximate surface area is 160 Å². The van der Waals surface area contributed by atoms with Gasteiger partial charge in [-0.15, -0.1) is 0 Å². The van der Waals surface area contributed by atoms with E-state index in [2.05, 4.69) is 69.3 Å². The maximum Gasteiger partial charge on any atom is 0.0305 e. The fourth-order valence-electron chi connectivity index (χ4n) is 4.57. The largest absolute Gasteiger partial charge is 0.348 e. The second-order valence-electron chi connectivity index (χ2n) is 8.47. The molecule has 1 unspecified atom stereocenters. The van der Waals surface area contributed by atoms with Gasteiger partial charge in [-0.05, 0) is 80.2 Å². The van der Waals surface area contributed by atoms with Gasteiger partial charge < -0.3 is 4.57 Å². The molecule has 0 radical (unpaired) electrons. The zero-order chi connectivity index (χ0) is 18.7. The molecular weight excluding hydrogens is 314 g/mol. The lowest BCUT2D eigenvalue weighted by atomic mass is 9.84. The van der Waals surface area contributed by atoms with Crippen molar-refractivity contribution >= 4 is 6.08 Å². The molecule has 1 aliphatic rings. The van der Waals surface area contributed by atoms with E-state index >= 15 is 0 Å². The van der Waals surface area contributed by atoms with E-state index in [1.165, 1.54) is 72.9 Å². The first-order chi connectivity index (χ1) is 12.5. The van der Waals surface area contributed by atoms with Crippen LogP contribution >= 0.6 is 0 Å². The molecule has 1 heterocycles. The highest BCUT2D eigenvalue weighted by molar-refractivity contribution is 5.79. The Balaban J connectivity index is 1.89. The summed E-state index contributed by atoms with van der Waals surface area (Å²) in [4.78, 5) is 0. The molecule has 1 atom stereocenters. The van der Waals surface area contributed by atoms with Gasteiger partial charge in [0.2, 0.25) is 0 Å². The van der Waals surface area contributed by atoms with E-state index < -0.39 is 0 Å².